The molecule has 1 aliphatic rings. The van der Waals surface area contributed by atoms with E-state index in [0.29, 0.717) is 5.69 Å². The highest BCUT2D eigenvalue weighted by atomic mass is 16.3. The Labute approximate surface area is 89.2 Å². The second-order valence-electron chi connectivity index (χ2n) is 4.32. The molecular formula is C12H14N2O. The van der Waals surface area contributed by atoms with Crippen molar-refractivity contribution < 1.29 is 5.11 Å². The standard InChI is InChI=1S/C12H14N2O/c1-12(2)5-3-9-7-10(8-15)13-14-11(9)4-6-12/h3-7,15H,8H2,1-2H3. The Kier molecular flexibility index (Phi) is 2.40. The first-order valence-electron chi connectivity index (χ1n) is 4.97. The van der Waals surface area contributed by atoms with E-state index in [9.17, 15) is 0 Å². The first-order chi connectivity index (χ1) is 7.11. The van der Waals surface area contributed by atoms with Gasteiger partial charge in [0.05, 0.1) is 18.0 Å². The Hall–Kier alpha value is -1.48. The molecule has 78 valence electrons. The minimum absolute atomic E-state index is 0.0417. The minimum Gasteiger partial charge on any atom is -0.390 e. The number of hydrogen-bond donors (Lipinski definition) is 1. The van der Waals surface area contributed by atoms with E-state index in [4.69, 9.17) is 5.11 Å². The van der Waals surface area contributed by atoms with Gasteiger partial charge in [-0.15, -0.1) is 0 Å². The van der Waals surface area contributed by atoms with Crippen LogP contribution in [0.4, 0.5) is 0 Å². The van der Waals surface area contributed by atoms with E-state index in [1.54, 1.807) is 0 Å². The van der Waals surface area contributed by atoms with Crippen molar-refractivity contribution in [2.24, 2.45) is 5.41 Å². The summed E-state index contributed by atoms with van der Waals surface area (Å²) in [7, 11) is 0. The molecule has 1 aromatic heterocycles. The molecule has 0 aliphatic heterocycles. The quantitative estimate of drug-likeness (QED) is 0.758. The summed E-state index contributed by atoms with van der Waals surface area (Å²) < 4.78 is 0. The molecule has 0 spiro atoms. The van der Waals surface area contributed by atoms with Crippen molar-refractivity contribution in [1.82, 2.24) is 10.2 Å². The smallest absolute Gasteiger partial charge is 0.0926 e. The van der Waals surface area contributed by atoms with Crippen LogP contribution in [0.3, 0.4) is 0 Å². The van der Waals surface area contributed by atoms with Crippen LogP contribution in [0.5, 0.6) is 0 Å². The van der Waals surface area contributed by atoms with Gasteiger partial charge in [0.25, 0.3) is 0 Å². The Morgan fingerprint density at radius 2 is 1.93 bits per heavy atom. The van der Waals surface area contributed by atoms with Crippen LogP contribution < -0.4 is 0 Å². The van der Waals surface area contributed by atoms with Gasteiger partial charge in [0.15, 0.2) is 0 Å². The van der Waals surface area contributed by atoms with E-state index in [0.717, 1.165) is 11.3 Å². The highest BCUT2D eigenvalue weighted by Gasteiger charge is 2.13. The molecule has 0 radical (unpaired) electrons. The molecule has 1 heterocycles. The van der Waals surface area contributed by atoms with Crippen LogP contribution in [0.2, 0.25) is 0 Å². The average molecular weight is 202 g/mol. The van der Waals surface area contributed by atoms with E-state index < -0.39 is 0 Å². The molecule has 3 nitrogen and oxygen atoms in total. The van der Waals surface area contributed by atoms with E-state index in [1.807, 2.05) is 18.2 Å². The van der Waals surface area contributed by atoms with Gasteiger partial charge in [-0.05, 0) is 12.1 Å². The Morgan fingerprint density at radius 1 is 1.20 bits per heavy atom. The van der Waals surface area contributed by atoms with Gasteiger partial charge in [0, 0.05) is 11.0 Å². The first kappa shape index (κ1) is 10.1. The molecule has 15 heavy (non-hydrogen) atoms. The first-order valence-corrected chi connectivity index (χ1v) is 4.97. The molecule has 1 N–H and O–H groups in total. The Morgan fingerprint density at radius 3 is 2.67 bits per heavy atom. The molecule has 3 heteroatoms. The maximum absolute atomic E-state index is 8.97. The lowest BCUT2D eigenvalue weighted by molar-refractivity contribution is 0.275. The molecule has 0 atom stereocenters. The second-order valence-corrected chi connectivity index (χ2v) is 4.32. The molecule has 0 amide bonds. The van der Waals surface area contributed by atoms with Crippen molar-refractivity contribution in [3.63, 3.8) is 0 Å². The lowest BCUT2D eigenvalue weighted by Crippen LogP contribution is -2.00. The summed E-state index contributed by atoms with van der Waals surface area (Å²) in [5.74, 6) is 0. The van der Waals surface area contributed by atoms with Gasteiger partial charge in [-0.2, -0.15) is 10.2 Å². The fourth-order valence-corrected chi connectivity index (χ4v) is 1.45. The van der Waals surface area contributed by atoms with Gasteiger partial charge in [-0.1, -0.05) is 32.1 Å². The third kappa shape index (κ3) is 2.13. The van der Waals surface area contributed by atoms with E-state index >= 15 is 0 Å². The maximum atomic E-state index is 8.97. The molecule has 2 rings (SSSR count). The fourth-order valence-electron chi connectivity index (χ4n) is 1.45. The molecular weight excluding hydrogens is 188 g/mol. The largest absolute Gasteiger partial charge is 0.390 e. The lowest BCUT2D eigenvalue weighted by atomic mass is 9.93. The summed E-state index contributed by atoms with van der Waals surface area (Å²) in [6.07, 6.45) is 8.23. The van der Waals surface area contributed by atoms with Crippen molar-refractivity contribution in [2.45, 2.75) is 20.5 Å². The summed E-state index contributed by atoms with van der Waals surface area (Å²) in [4.78, 5) is 0. The third-order valence-corrected chi connectivity index (χ3v) is 2.43. The van der Waals surface area contributed by atoms with Crippen LogP contribution >= 0.6 is 0 Å². The molecule has 1 aliphatic carbocycles. The summed E-state index contributed by atoms with van der Waals surface area (Å²) in [5.41, 5.74) is 2.51. The number of nitrogens with zero attached hydrogens (tertiary/aromatic N) is 2. The zero-order valence-corrected chi connectivity index (χ0v) is 8.94. The minimum atomic E-state index is -0.0682. The number of aromatic nitrogens is 2. The predicted octanol–water partition coefficient (Wildman–Crippen LogP) is 2.04. The third-order valence-electron chi connectivity index (χ3n) is 2.43. The van der Waals surface area contributed by atoms with Crippen LogP contribution in [0.15, 0.2) is 18.2 Å². The van der Waals surface area contributed by atoms with E-state index in [1.165, 1.54) is 0 Å². The van der Waals surface area contributed by atoms with Gasteiger partial charge in [-0.3, -0.25) is 0 Å². The van der Waals surface area contributed by atoms with Crippen LogP contribution in [-0.4, -0.2) is 15.3 Å². The molecule has 0 saturated carbocycles. The topological polar surface area (TPSA) is 46.0 Å². The van der Waals surface area contributed by atoms with Crippen molar-refractivity contribution in [1.29, 1.82) is 0 Å². The summed E-state index contributed by atoms with van der Waals surface area (Å²) in [5, 5.41) is 16.9. The van der Waals surface area contributed by atoms with Gasteiger partial charge >= 0.3 is 0 Å². The lowest BCUT2D eigenvalue weighted by Gasteiger charge is -2.11. The highest BCUT2D eigenvalue weighted by molar-refractivity contribution is 5.65. The number of aliphatic hydroxyl groups is 1. The van der Waals surface area contributed by atoms with Crippen LogP contribution in [-0.2, 0) is 6.61 Å². The van der Waals surface area contributed by atoms with Crippen molar-refractivity contribution in [2.75, 3.05) is 0 Å². The number of fused-ring (bicyclic) bond motifs is 1. The average Bonchev–Trinajstić information content (AvgIpc) is 2.38. The molecule has 0 saturated heterocycles. The van der Waals surface area contributed by atoms with Gasteiger partial charge in [-0.25, -0.2) is 0 Å². The summed E-state index contributed by atoms with van der Waals surface area (Å²) in [6.45, 7) is 4.19. The molecule has 0 aromatic carbocycles. The Balaban J connectivity index is 2.49. The molecule has 1 aromatic rings. The molecule has 0 unspecified atom stereocenters. The number of hydrogen-bond acceptors (Lipinski definition) is 3. The zero-order valence-electron chi connectivity index (χ0n) is 8.94. The van der Waals surface area contributed by atoms with Crippen molar-refractivity contribution in [3.05, 3.63) is 35.2 Å². The number of aliphatic hydroxyl groups excluding tert-OH is 1. The van der Waals surface area contributed by atoms with Gasteiger partial charge in [0.1, 0.15) is 0 Å². The number of rotatable bonds is 1. The number of allylic oxidation sites excluding steroid dienone is 2. The van der Waals surface area contributed by atoms with Gasteiger partial charge in [0.2, 0.25) is 0 Å². The van der Waals surface area contributed by atoms with Crippen LogP contribution in [0, 0.1) is 5.41 Å². The summed E-state index contributed by atoms with van der Waals surface area (Å²) in [6, 6.07) is 1.87. The van der Waals surface area contributed by atoms with E-state index in [-0.39, 0.29) is 12.0 Å². The van der Waals surface area contributed by atoms with Crippen LogP contribution in [0.1, 0.15) is 30.8 Å². The fraction of sp³-hybridized carbons (Fsp3) is 0.333. The SMILES string of the molecule is CC1(C)C=Cc2cc(CO)nnc2C=C1. The Bertz CT molecular complexity index is 433. The van der Waals surface area contributed by atoms with E-state index in [2.05, 4.69) is 36.2 Å². The zero-order chi connectivity index (χ0) is 10.9. The predicted molar refractivity (Wildman–Crippen MR) is 59.8 cm³/mol. The molecule has 0 bridgehead atoms. The normalized spacial score (nSPS) is 17.3. The van der Waals surface area contributed by atoms with Crippen LogP contribution in [0.25, 0.3) is 12.2 Å². The second kappa shape index (κ2) is 3.59. The summed E-state index contributed by atoms with van der Waals surface area (Å²) >= 11 is 0. The van der Waals surface area contributed by atoms with Crippen molar-refractivity contribution in [3.8, 4) is 0 Å². The highest BCUT2D eigenvalue weighted by Crippen LogP contribution is 2.26. The maximum Gasteiger partial charge on any atom is 0.0926 e. The molecule has 0 fully saturated rings. The van der Waals surface area contributed by atoms with Crippen molar-refractivity contribution >= 4 is 12.2 Å². The monoisotopic (exact) mass is 202 g/mol. The van der Waals surface area contributed by atoms with Gasteiger partial charge < -0.3 is 5.11 Å².